The zero-order chi connectivity index (χ0) is 9.26. The molecule has 0 radical (unpaired) electrons. The van der Waals surface area contributed by atoms with Gasteiger partial charge in [-0.25, -0.2) is 0 Å². The standard InChI is InChI=1S/C9H11N3O/c1-3-12-7(2)6-8(11-12)9-4-5-10-13-9/h4-6H,3H2,1-2H3. The summed E-state index contributed by atoms with van der Waals surface area (Å²) in [6.07, 6.45) is 1.62. The van der Waals surface area contributed by atoms with Crippen LogP contribution in [-0.2, 0) is 6.54 Å². The molecule has 0 saturated carbocycles. The number of hydrogen-bond donors (Lipinski definition) is 0. The van der Waals surface area contributed by atoms with Gasteiger partial charge in [0, 0.05) is 18.3 Å². The van der Waals surface area contributed by atoms with Crippen LogP contribution in [-0.4, -0.2) is 14.9 Å². The fourth-order valence-corrected chi connectivity index (χ4v) is 1.30. The highest BCUT2D eigenvalue weighted by Crippen LogP contribution is 2.17. The molecule has 0 aliphatic heterocycles. The van der Waals surface area contributed by atoms with Crippen molar-refractivity contribution in [2.24, 2.45) is 0 Å². The largest absolute Gasteiger partial charge is 0.355 e. The highest BCUT2D eigenvalue weighted by atomic mass is 16.5. The molecule has 4 heteroatoms. The van der Waals surface area contributed by atoms with Crippen molar-refractivity contribution in [3.8, 4) is 11.5 Å². The monoisotopic (exact) mass is 177 g/mol. The molecule has 68 valence electrons. The molecule has 0 amide bonds. The Hall–Kier alpha value is -1.58. The minimum Gasteiger partial charge on any atom is -0.355 e. The lowest BCUT2D eigenvalue weighted by atomic mass is 10.3. The van der Waals surface area contributed by atoms with E-state index in [9.17, 15) is 0 Å². The van der Waals surface area contributed by atoms with Gasteiger partial charge in [-0.15, -0.1) is 0 Å². The Morgan fingerprint density at radius 2 is 2.38 bits per heavy atom. The van der Waals surface area contributed by atoms with E-state index < -0.39 is 0 Å². The van der Waals surface area contributed by atoms with Crippen molar-refractivity contribution in [1.29, 1.82) is 0 Å². The average molecular weight is 177 g/mol. The van der Waals surface area contributed by atoms with Crippen molar-refractivity contribution in [2.45, 2.75) is 20.4 Å². The molecule has 0 atom stereocenters. The van der Waals surface area contributed by atoms with Gasteiger partial charge in [-0.3, -0.25) is 4.68 Å². The topological polar surface area (TPSA) is 43.9 Å². The Labute approximate surface area is 76.2 Å². The second kappa shape index (κ2) is 3.05. The van der Waals surface area contributed by atoms with Crippen LogP contribution in [0.4, 0.5) is 0 Å². The van der Waals surface area contributed by atoms with Gasteiger partial charge in [0.2, 0.25) is 0 Å². The number of hydrogen-bond acceptors (Lipinski definition) is 3. The highest BCUT2D eigenvalue weighted by Gasteiger charge is 2.07. The van der Waals surface area contributed by atoms with Crippen LogP contribution in [0.2, 0.25) is 0 Å². The predicted octanol–water partition coefficient (Wildman–Crippen LogP) is 1.87. The van der Waals surface area contributed by atoms with Gasteiger partial charge < -0.3 is 4.52 Å². The molecule has 0 unspecified atom stereocenters. The molecular formula is C9H11N3O. The van der Waals surface area contributed by atoms with Crippen LogP contribution in [0.25, 0.3) is 11.5 Å². The first-order chi connectivity index (χ1) is 6.31. The molecule has 2 aromatic rings. The quantitative estimate of drug-likeness (QED) is 0.703. The molecule has 2 rings (SSSR count). The van der Waals surface area contributed by atoms with Gasteiger partial charge in [0.15, 0.2) is 5.76 Å². The summed E-state index contributed by atoms with van der Waals surface area (Å²) in [6, 6.07) is 3.80. The summed E-state index contributed by atoms with van der Waals surface area (Å²) in [7, 11) is 0. The first-order valence-corrected chi connectivity index (χ1v) is 4.26. The van der Waals surface area contributed by atoms with Crippen molar-refractivity contribution in [2.75, 3.05) is 0 Å². The van der Waals surface area contributed by atoms with E-state index in [0.29, 0.717) is 0 Å². The molecule has 0 bridgehead atoms. The summed E-state index contributed by atoms with van der Waals surface area (Å²) in [4.78, 5) is 0. The van der Waals surface area contributed by atoms with E-state index in [4.69, 9.17) is 4.52 Å². The van der Waals surface area contributed by atoms with Crippen molar-refractivity contribution >= 4 is 0 Å². The fraction of sp³-hybridized carbons (Fsp3) is 0.333. The Bertz CT molecular complexity index is 389. The second-order valence-corrected chi connectivity index (χ2v) is 2.86. The van der Waals surface area contributed by atoms with Gasteiger partial charge in [0.1, 0.15) is 5.69 Å². The SMILES string of the molecule is CCn1nc(-c2ccno2)cc1C. The van der Waals surface area contributed by atoms with Gasteiger partial charge in [-0.05, 0) is 19.9 Å². The fourth-order valence-electron chi connectivity index (χ4n) is 1.30. The lowest BCUT2D eigenvalue weighted by Crippen LogP contribution is -1.98. The van der Waals surface area contributed by atoms with Crippen LogP contribution in [0.3, 0.4) is 0 Å². The summed E-state index contributed by atoms with van der Waals surface area (Å²) in [5.41, 5.74) is 1.98. The molecule has 0 aliphatic carbocycles. The molecule has 13 heavy (non-hydrogen) atoms. The number of aromatic nitrogens is 3. The summed E-state index contributed by atoms with van der Waals surface area (Å²) in [5, 5.41) is 7.99. The average Bonchev–Trinajstić information content (AvgIpc) is 2.71. The smallest absolute Gasteiger partial charge is 0.187 e. The molecule has 2 aromatic heterocycles. The van der Waals surface area contributed by atoms with Gasteiger partial charge in [0.25, 0.3) is 0 Å². The zero-order valence-corrected chi connectivity index (χ0v) is 7.69. The summed E-state index contributed by atoms with van der Waals surface area (Å²) < 4.78 is 6.93. The van der Waals surface area contributed by atoms with E-state index in [1.54, 1.807) is 6.20 Å². The molecule has 0 saturated heterocycles. The van der Waals surface area contributed by atoms with Gasteiger partial charge in [-0.2, -0.15) is 5.10 Å². The van der Waals surface area contributed by atoms with Crippen molar-refractivity contribution < 1.29 is 4.52 Å². The first kappa shape index (κ1) is 8.04. The van der Waals surface area contributed by atoms with E-state index in [0.717, 1.165) is 23.7 Å². The van der Waals surface area contributed by atoms with Crippen LogP contribution >= 0.6 is 0 Å². The number of rotatable bonds is 2. The van der Waals surface area contributed by atoms with Gasteiger partial charge in [0.05, 0.1) is 6.20 Å². The third kappa shape index (κ3) is 1.35. The van der Waals surface area contributed by atoms with Crippen molar-refractivity contribution in [3.63, 3.8) is 0 Å². The minimum atomic E-state index is 0.718. The zero-order valence-electron chi connectivity index (χ0n) is 7.69. The highest BCUT2D eigenvalue weighted by molar-refractivity contribution is 5.51. The molecule has 4 nitrogen and oxygen atoms in total. The van der Waals surface area contributed by atoms with Crippen LogP contribution in [0.1, 0.15) is 12.6 Å². The van der Waals surface area contributed by atoms with Crippen LogP contribution in [0.5, 0.6) is 0 Å². The molecule has 0 N–H and O–H groups in total. The predicted molar refractivity (Wildman–Crippen MR) is 48.1 cm³/mol. The van der Waals surface area contributed by atoms with Crippen molar-refractivity contribution in [1.82, 2.24) is 14.9 Å². The first-order valence-electron chi connectivity index (χ1n) is 4.26. The van der Waals surface area contributed by atoms with E-state index in [-0.39, 0.29) is 0 Å². The van der Waals surface area contributed by atoms with Gasteiger partial charge >= 0.3 is 0 Å². The van der Waals surface area contributed by atoms with Crippen molar-refractivity contribution in [3.05, 3.63) is 24.0 Å². The maximum atomic E-state index is 5.01. The minimum absolute atomic E-state index is 0.718. The molecular weight excluding hydrogens is 166 g/mol. The van der Waals surface area contributed by atoms with E-state index >= 15 is 0 Å². The number of aryl methyl sites for hydroxylation is 2. The van der Waals surface area contributed by atoms with Crippen LogP contribution in [0, 0.1) is 6.92 Å². The summed E-state index contributed by atoms with van der Waals surface area (Å²) in [6.45, 7) is 4.96. The Morgan fingerprint density at radius 3 is 2.92 bits per heavy atom. The third-order valence-electron chi connectivity index (χ3n) is 1.97. The molecule has 0 fully saturated rings. The van der Waals surface area contributed by atoms with E-state index in [1.807, 2.05) is 23.7 Å². The second-order valence-electron chi connectivity index (χ2n) is 2.86. The van der Waals surface area contributed by atoms with Crippen LogP contribution < -0.4 is 0 Å². The molecule has 0 aromatic carbocycles. The Morgan fingerprint density at radius 1 is 1.54 bits per heavy atom. The molecule has 0 spiro atoms. The maximum Gasteiger partial charge on any atom is 0.187 e. The Kier molecular flexibility index (Phi) is 1.88. The summed E-state index contributed by atoms with van der Waals surface area (Å²) >= 11 is 0. The van der Waals surface area contributed by atoms with Crippen LogP contribution in [0.15, 0.2) is 22.9 Å². The lowest BCUT2D eigenvalue weighted by Gasteiger charge is -1.95. The molecule has 0 aliphatic rings. The summed E-state index contributed by atoms with van der Waals surface area (Å²) in [5.74, 6) is 0.718. The molecule has 2 heterocycles. The van der Waals surface area contributed by atoms with E-state index in [1.165, 1.54) is 0 Å². The lowest BCUT2D eigenvalue weighted by molar-refractivity contribution is 0.430. The van der Waals surface area contributed by atoms with E-state index in [2.05, 4.69) is 17.2 Å². The maximum absolute atomic E-state index is 5.01. The normalized spacial score (nSPS) is 10.6. The number of nitrogens with zero attached hydrogens (tertiary/aromatic N) is 3. The van der Waals surface area contributed by atoms with Gasteiger partial charge in [-0.1, -0.05) is 5.16 Å². The Balaban J connectivity index is 2.43. The third-order valence-corrected chi connectivity index (χ3v) is 1.97.